The highest BCUT2D eigenvalue weighted by Crippen LogP contribution is 2.30. The number of benzene rings is 1. The highest BCUT2D eigenvalue weighted by atomic mass is 19.4. The maximum Gasteiger partial charge on any atom is 0.573 e. The van der Waals surface area contributed by atoms with Gasteiger partial charge in [-0.15, -0.1) is 13.2 Å². The van der Waals surface area contributed by atoms with Gasteiger partial charge in [0, 0.05) is 6.07 Å². The Morgan fingerprint density at radius 1 is 1.29 bits per heavy atom. The number of rotatable bonds is 6. The number of nitrogens with zero attached hydrogens (tertiary/aromatic N) is 2. The molecule has 1 atom stereocenters. The van der Waals surface area contributed by atoms with E-state index in [0.29, 0.717) is 0 Å². The van der Waals surface area contributed by atoms with E-state index < -0.39 is 41.6 Å². The Morgan fingerprint density at radius 2 is 1.97 bits per heavy atom. The summed E-state index contributed by atoms with van der Waals surface area (Å²) in [6.45, 7) is 3.49. The summed E-state index contributed by atoms with van der Waals surface area (Å²) in [5.74, 6) is -3.23. The number of aromatic nitrogens is 2. The van der Waals surface area contributed by atoms with Gasteiger partial charge in [0.15, 0.2) is 11.6 Å². The topological polar surface area (TPSA) is 87.3 Å². The normalized spacial score (nSPS) is 15.5. The van der Waals surface area contributed by atoms with Crippen LogP contribution in [-0.4, -0.2) is 41.5 Å². The largest absolute Gasteiger partial charge is 0.573 e. The van der Waals surface area contributed by atoms with Crippen molar-refractivity contribution in [3.05, 3.63) is 51.7 Å². The molecule has 1 fully saturated rings. The van der Waals surface area contributed by atoms with Crippen molar-refractivity contribution in [3.63, 3.8) is 0 Å². The van der Waals surface area contributed by atoms with Crippen molar-refractivity contribution in [2.45, 2.75) is 32.4 Å². The first-order valence-electron chi connectivity index (χ1n) is 9.29. The second-order valence-electron chi connectivity index (χ2n) is 7.39. The number of carbonyl (C=O) groups is 1. The van der Waals surface area contributed by atoms with Gasteiger partial charge in [0.05, 0.1) is 19.1 Å². The molecular weight excluding hydrogens is 427 g/mol. The van der Waals surface area contributed by atoms with Crippen LogP contribution in [0, 0.1) is 11.7 Å². The molecule has 2 N–H and O–H groups in total. The third kappa shape index (κ3) is 5.50. The summed E-state index contributed by atoms with van der Waals surface area (Å²) in [5.41, 5.74) is -0.647. The summed E-state index contributed by atoms with van der Waals surface area (Å²) in [7, 11) is 0. The van der Waals surface area contributed by atoms with E-state index in [1.54, 1.807) is 13.8 Å². The molecule has 31 heavy (non-hydrogen) atoms. The van der Waals surface area contributed by atoms with Gasteiger partial charge in [0.25, 0.3) is 11.5 Å². The van der Waals surface area contributed by atoms with Crippen LogP contribution >= 0.6 is 0 Å². The van der Waals surface area contributed by atoms with Crippen molar-refractivity contribution < 1.29 is 31.5 Å². The van der Waals surface area contributed by atoms with Gasteiger partial charge in [-0.25, -0.2) is 13.8 Å². The van der Waals surface area contributed by atoms with Crippen LogP contribution in [0.1, 0.15) is 35.9 Å². The predicted octanol–water partition coefficient (Wildman–Crippen LogP) is 3.09. The van der Waals surface area contributed by atoms with Crippen molar-refractivity contribution in [1.29, 1.82) is 0 Å². The van der Waals surface area contributed by atoms with Crippen molar-refractivity contribution in [2.24, 2.45) is 5.92 Å². The lowest BCUT2D eigenvalue weighted by atomic mass is 9.95. The number of hydrogen-bond donors (Lipinski definition) is 2. The molecule has 0 radical (unpaired) electrons. The molecule has 0 saturated carbocycles. The molecular formula is C19H19F5N4O3. The van der Waals surface area contributed by atoms with Gasteiger partial charge in [0.2, 0.25) is 5.95 Å². The quantitative estimate of drug-likeness (QED) is 0.666. The first-order chi connectivity index (χ1) is 14.4. The van der Waals surface area contributed by atoms with Crippen LogP contribution < -0.4 is 20.5 Å². The number of ether oxygens (including phenoxy) is 1. The van der Waals surface area contributed by atoms with E-state index in [1.165, 1.54) is 11.0 Å². The Balaban J connectivity index is 1.81. The zero-order valence-corrected chi connectivity index (χ0v) is 16.5. The van der Waals surface area contributed by atoms with Gasteiger partial charge < -0.3 is 15.0 Å². The molecule has 1 aromatic carbocycles. The number of halogens is 5. The highest BCUT2D eigenvalue weighted by molar-refractivity contribution is 5.92. The number of alkyl halides is 4. The fourth-order valence-corrected chi connectivity index (χ4v) is 3.08. The first-order valence-corrected chi connectivity index (χ1v) is 9.29. The Labute approximate surface area is 173 Å². The zero-order valence-electron chi connectivity index (χ0n) is 16.5. The van der Waals surface area contributed by atoms with Crippen molar-refractivity contribution in [1.82, 2.24) is 15.3 Å². The predicted molar refractivity (Wildman–Crippen MR) is 100 cm³/mol. The Morgan fingerprint density at radius 3 is 2.52 bits per heavy atom. The second-order valence-corrected chi connectivity index (χ2v) is 7.39. The summed E-state index contributed by atoms with van der Waals surface area (Å²) in [5, 5.41) is 2.61. The summed E-state index contributed by atoms with van der Waals surface area (Å²) >= 11 is 0. The van der Waals surface area contributed by atoms with Crippen LogP contribution in [0.25, 0.3) is 0 Å². The van der Waals surface area contributed by atoms with E-state index >= 15 is 0 Å². The van der Waals surface area contributed by atoms with Crippen LogP contribution in [0.2, 0.25) is 0 Å². The average molecular weight is 446 g/mol. The lowest BCUT2D eigenvalue weighted by Crippen LogP contribution is -2.50. The maximum absolute atomic E-state index is 14.1. The first kappa shape index (κ1) is 22.5. The maximum atomic E-state index is 14.1. The number of anilines is 1. The number of H-pyrrole nitrogens is 1. The number of aromatic amines is 1. The molecule has 12 heteroatoms. The summed E-state index contributed by atoms with van der Waals surface area (Å²) in [6.07, 6.45) is -6.09. The summed E-state index contributed by atoms with van der Waals surface area (Å²) in [6, 6.07) is 3.02. The monoisotopic (exact) mass is 446 g/mol. The van der Waals surface area contributed by atoms with Crippen molar-refractivity contribution >= 4 is 11.9 Å². The molecule has 0 spiro atoms. The molecule has 0 bridgehead atoms. The third-order valence-corrected chi connectivity index (χ3v) is 4.59. The number of carbonyl (C=O) groups excluding carboxylic acids is 1. The SMILES string of the molecule is CC(C)C(NC(=O)c1cc(=O)[nH]c(N2CC(F)C2)n1)c1ccc(OC(F)(F)F)c(F)c1. The van der Waals surface area contributed by atoms with Gasteiger partial charge in [-0.05, 0) is 23.6 Å². The molecule has 1 aromatic heterocycles. The Kier molecular flexibility index (Phi) is 6.18. The van der Waals surface area contributed by atoms with Crippen LogP contribution in [0.5, 0.6) is 5.75 Å². The third-order valence-electron chi connectivity index (χ3n) is 4.59. The van der Waals surface area contributed by atoms with E-state index in [4.69, 9.17) is 0 Å². The highest BCUT2D eigenvalue weighted by Gasteiger charge is 2.33. The minimum absolute atomic E-state index is 0.0360. The summed E-state index contributed by atoms with van der Waals surface area (Å²) < 4.78 is 67.8. The molecule has 1 aliphatic heterocycles. The Bertz CT molecular complexity index is 1020. The molecule has 2 heterocycles. The molecule has 2 aromatic rings. The molecule has 7 nitrogen and oxygen atoms in total. The van der Waals surface area contributed by atoms with Gasteiger partial charge in [-0.3, -0.25) is 14.6 Å². The molecule has 1 amide bonds. The standard InChI is InChI=1S/C19H19F5N4O3/c1-9(2)16(10-3-4-14(12(21)5-10)31-19(22,23)24)27-17(30)13-6-15(29)26-18(25-13)28-7-11(20)8-28/h3-6,9,11,16H,7-8H2,1-2H3,(H,27,30)(H,25,26,29). The average Bonchev–Trinajstić information content (AvgIpc) is 2.63. The minimum atomic E-state index is -5.05. The summed E-state index contributed by atoms with van der Waals surface area (Å²) in [4.78, 5) is 32.5. The number of nitrogens with one attached hydrogen (secondary N) is 2. The molecule has 0 aliphatic carbocycles. The number of amides is 1. The van der Waals surface area contributed by atoms with Crippen LogP contribution in [0.15, 0.2) is 29.1 Å². The lowest BCUT2D eigenvalue weighted by Gasteiger charge is -2.34. The molecule has 1 unspecified atom stereocenters. The van der Waals surface area contributed by atoms with Gasteiger partial charge >= 0.3 is 6.36 Å². The van der Waals surface area contributed by atoms with Gasteiger partial charge in [0.1, 0.15) is 11.9 Å². The van der Waals surface area contributed by atoms with Crippen molar-refractivity contribution in [2.75, 3.05) is 18.0 Å². The molecule has 3 rings (SSSR count). The van der Waals surface area contributed by atoms with Crippen LogP contribution in [0.4, 0.5) is 27.9 Å². The number of hydrogen-bond acceptors (Lipinski definition) is 5. The van der Waals surface area contributed by atoms with E-state index in [0.717, 1.165) is 18.2 Å². The van der Waals surface area contributed by atoms with Gasteiger partial charge in [-0.1, -0.05) is 19.9 Å². The van der Waals surface area contributed by atoms with Crippen LogP contribution in [-0.2, 0) is 0 Å². The van der Waals surface area contributed by atoms with Crippen molar-refractivity contribution in [3.8, 4) is 5.75 Å². The minimum Gasteiger partial charge on any atom is -0.403 e. The molecule has 1 saturated heterocycles. The second kappa shape index (κ2) is 8.52. The smallest absolute Gasteiger partial charge is 0.403 e. The van der Waals surface area contributed by atoms with E-state index in [2.05, 4.69) is 20.0 Å². The van der Waals surface area contributed by atoms with E-state index in [-0.39, 0.29) is 36.2 Å². The fraction of sp³-hybridized carbons (Fsp3) is 0.421. The molecule has 168 valence electrons. The van der Waals surface area contributed by atoms with E-state index in [1.807, 2.05) is 0 Å². The van der Waals surface area contributed by atoms with Crippen LogP contribution in [0.3, 0.4) is 0 Å². The fourth-order valence-electron chi connectivity index (χ4n) is 3.08. The zero-order chi connectivity index (χ0) is 22.9. The van der Waals surface area contributed by atoms with E-state index in [9.17, 15) is 31.5 Å². The van der Waals surface area contributed by atoms with Gasteiger partial charge in [-0.2, -0.15) is 0 Å². The Hall–Kier alpha value is -3.18. The lowest BCUT2D eigenvalue weighted by molar-refractivity contribution is -0.275. The molecule has 1 aliphatic rings.